The van der Waals surface area contributed by atoms with Gasteiger partial charge in [-0.05, 0) is 13.8 Å². The Bertz CT molecular complexity index is 414. The minimum atomic E-state index is -0.425. The highest BCUT2D eigenvalue weighted by Gasteiger charge is 2.08. The molecule has 0 aromatic carbocycles. The first-order valence-electron chi connectivity index (χ1n) is 5.15. The Morgan fingerprint density at radius 2 is 2.31 bits per heavy atom. The van der Waals surface area contributed by atoms with Gasteiger partial charge in [0.1, 0.15) is 0 Å². The zero-order chi connectivity index (χ0) is 12.0. The summed E-state index contributed by atoms with van der Waals surface area (Å²) in [6.45, 7) is 4.58. The van der Waals surface area contributed by atoms with Crippen LogP contribution in [0.25, 0.3) is 0 Å². The van der Waals surface area contributed by atoms with Crippen molar-refractivity contribution in [2.45, 2.75) is 20.3 Å². The van der Waals surface area contributed by atoms with E-state index in [1.165, 1.54) is 6.20 Å². The van der Waals surface area contributed by atoms with Gasteiger partial charge in [0.15, 0.2) is 0 Å². The molecule has 0 amide bonds. The molecule has 0 bridgehead atoms. The molecule has 0 radical (unpaired) electrons. The highest BCUT2D eigenvalue weighted by atomic mass is 16.5. The Hall–Kier alpha value is -1.85. The molecule has 0 aliphatic rings. The summed E-state index contributed by atoms with van der Waals surface area (Å²) in [5.74, 6) is -0.0221. The SMILES string of the molecule is CCNc1ncc(CC(=O)OCC)c(=O)[nH]1. The fourth-order valence-electron chi connectivity index (χ4n) is 1.17. The van der Waals surface area contributed by atoms with E-state index in [1.807, 2.05) is 6.92 Å². The maximum absolute atomic E-state index is 11.5. The van der Waals surface area contributed by atoms with E-state index in [4.69, 9.17) is 4.74 Å². The van der Waals surface area contributed by atoms with Gasteiger partial charge in [0.2, 0.25) is 5.95 Å². The van der Waals surface area contributed by atoms with Crippen molar-refractivity contribution in [3.05, 3.63) is 22.1 Å². The van der Waals surface area contributed by atoms with Crippen LogP contribution in [0.5, 0.6) is 0 Å². The van der Waals surface area contributed by atoms with Crippen LogP contribution >= 0.6 is 0 Å². The predicted octanol–water partition coefficient (Wildman–Crippen LogP) is 0.307. The Kier molecular flexibility index (Phi) is 4.50. The van der Waals surface area contributed by atoms with Crippen LogP contribution in [0.1, 0.15) is 19.4 Å². The van der Waals surface area contributed by atoms with Crippen molar-refractivity contribution in [2.24, 2.45) is 0 Å². The lowest BCUT2D eigenvalue weighted by atomic mass is 10.2. The lowest BCUT2D eigenvalue weighted by molar-refractivity contribution is -0.142. The number of hydrogen-bond acceptors (Lipinski definition) is 5. The molecule has 1 aromatic heterocycles. The Morgan fingerprint density at radius 1 is 1.56 bits per heavy atom. The highest BCUT2D eigenvalue weighted by Crippen LogP contribution is 1.97. The molecule has 0 saturated carbocycles. The van der Waals surface area contributed by atoms with E-state index in [-0.39, 0.29) is 12.0 Å². The van der Waals surface area contributed by atoms with Gasteiger partial charge in [-0.1, -0.05) is 0 Å². The molecule has 6 nitrogen and oxygen atoms in total. The molecule has 1 aromatic rings. The maximum atomic E-state index is 11.5. The average Bonchev–Trinajstić information content (AvgIpc) is 2.23. The number of aromatic amines is 1. The van der Waals surface area contributed by atoms with Crippen molar-refractivity contribution in [1.82, 2.24) is 9.97 Å². The van der Waals surface area contributed by atoms with Crippen LogP contribution in [0.15, 0.2) is 11.0 Å². The highest BCUT2D eigenvalue weighted by molar-refractivity contribution is 5.72. The van der Waals surface area contributed by atoms with Crippen molar-refractivity contribution < 1.29 is 9.53 Å². The van der Waals surface area contributed by atoms with Crippen molar-refractivity contribution in [3.8, 4) is 0 Å². The molecule has 1 rings (SSSR count). The molecule has 0 spiro atoms. The second-order valence-electron chi connectivity index (χ2n) is 3.10. The van der Waals surface area contributed by atoms with Crippen LogP contribution in [0, 0.1) is 0 Å². The van der Waals surface area contributed by atoms with Crippen molar-refractivity contribution >= 4 is 11.9 Å². The zero-order valence-electron chi connectivity index (χ0n) is 9.37. The number of carbonyl (C=O) groups excluding carboxylic acids is 1. The molecule has 16 heavy (non-hydrogen) atoms. The fraction of sp³-hybridized carbons (Fsp3) is 0.500. The number of esters is 1. The van der Waals surface area contributed by atoms with Crippen LogP contribution in [0.2, 0.25) is 0 Å². The maximum Gasteiger partial charge on any atom is 0.310 e. The molecule has 0 unspecified atom stereocenters. The van der Waals surface area contributed by atoms with Gasteiger partial charge >= 0.3 is 5.97 Å². The van der Waals surface area contributed by atoms with E-state index in [0.29, 0.717) is 24.7 Å². The first kappa shape index (κ1) is 12.2. The molecule has 88 valence electrons. The molecule has 0 aliphatic heterocycles. The lowest BCUT2D eigenvalue weighted by Crippen LogP contribution is -2.20. The Morgan fingerprint density at radius 3 is 2.88 bits per heavy atom. The minimum absolute atomic E-state index is 0.0530. The summed E-state index contributed by atoms with van der Waals surface area (Å²) < 4.78 is 4.74. The second kappa shape index (κ2) is 5.89. The minimum Gasteiger partial charge on any atom is -0.466 e. The summed E-state index contributed by atoms with van der Waals surface area (Å²) >= 11 is 0. The van der Waals surface area contributed by atoms with Gasteiger partial charge in [-0.2, -0.15) is 0 Å². The number of anilines is 1. The normalized spacial score (nSPS) is 9.88. The van der Waals surface area contributed by atoms with Gasteiger partial charge in [0.25, 0.3) is 5.56 Å². The molecule has 6 heteroatoms. The number of carbonyl (C=O) groups is 1. The predicted molar refractivity (Wildman–Crippen MR) is 59.4 cm³/mol. The van der Waals surface area contributed by atoms with Crippen molar-refractivity contribution in [1.29, 1.82) is 0 Å². The van der Waals surface area contributed by atoms with Crippen LogP contribution in [-0.2, 0) is 16.0 Å². The van der Waals surface area contributed by atoms with Crippen LogP contribution in [0.4, 0.5) is 5.95 Å². The number of H-pyrrole nitrogens is 1. The summed E-state index contributed by atoms with van der Waals surface area (Å²) in [6, 6.07) is 0. The lowest BCUT2D eigenvalue weighted by Gasteiger charge is -2.03. The van der Waals surface area contributed by atoms with Gasteiger partial charge < -0.3 is 10.1 Å². The molecule has 2 N–H and O–H groups in total. The summed E-state index contributed by atoms with van der Waals surface area (Å²) in [5.41, 5.74) is -0.0147. The average molecular weight is 225 g/mol. The van der Waals surface area contributed by atoms with Gasteiger partial charge in [-0.3, -0.25) is 14.6 Å². The summed E-state index contributed by atoms with van der Waals surface area (Å²) in [5, 5.41) is 2.87. The first-order chi connectivity index (χ1) is 7.67. The largest absolute Gasteiger partial charge is 0.466 e. The molecular weight excluding hydrogens is 210 g/mol. The number of rotatable bonds is 5. The molecule has 0 saturated heterocycles. The molecule has 0 fully saturated rings. The number of nitrogens with one attached hydrogen (secondary N) is 2. The van der Waals surface area contributed by atoms with Crippen LogP contribution in [-0.4, -0.2) is 29.1 Å². The van der Waals surface area contributed by atoms with E-state index in [0.717, 1.165) is 0 Å². The van der Waals surface area contributed by atoms with Crippen LogP contribution in [0.3, 0.4) is 0 Å². The van der Waals surface area contributed by atoms with E-state index >= 15 is 0 Å². The van der Waals surface area contributed by atoms with Gasteiger partial charge in [-0.25, -0.2) is 4.98 Å². The number of ether oxygens (including phenoxy) is 1. The topological polar surface area (TPSA) is 84.1 Å². The summed E-state index contributed by atoms with van der Waals surface area (Å²) in [7, 11) is 0. The smallest absolute Gasteiger partial charge is 0.310 e. The van der Waals surface area contributed by atoms with E-state index < -0.39 is 5.97 Å². The third kappa shape index (κ3) is 3.38. The Balaban J connectivity index is 2.75. The van der Waals surface area contributed by atoms with Crippen molar-refractivity contribution in [2.75, 3.05) is 18.5 Å². The Labute approximate surface area is 93.0 Å². The van der Waals surface area contributed by atoms with E-state index in [1.54, 1.807) is 6.92 Å². The van der Waals surface area contributed by atoms with E-state index in [9.17, 15) is 9.59 Å². The standard InChI is InChI=1S/C10H15N3O3/c1-3-11-10-12-6-7(9(15)13-10)5-8(14)16-4-2/h6H,3-5H2,1-2H3,(H2,11,12,13,15). The van der Waals surface area contributed by atoms with Gasteiger partial charge in [0.05, 0.1) is 13.0 Å². The third-order valence-electron chi connectivity index (χ3n) is 1.86. The number of nitrogens with zero attached hydrogens (tertiary/aromatic N) is 1. The molecule has 1 heterocycles. The molecule has 0 atom stereocenters. The number of hydrogen-bond donors (Lipinski definition) is 2. The van der Waals surface area contributed by atoms with Gasteiger partial charge in [0, 0.05) is 18.3 Å². The second-order valence-corrected chi connectivity index (χ2v) is 3.10. The van der Waals surface area contributed by atoms with Gasteiger partial charge in [-0.15, -0.1) is 0 Å². The van der Waals surface area contributed by atoms with Crippen molar-refractivity contribution in [3.63, 3.8) is 0 Å². The fourth-order valence-corrected chi connectivity index (χ4v) is 1.17. The molecule has 0 aliphatic carbocycles. The monoisotopic (exact) mass is 225 g/mol. The quantitative estimate of drug-likeness (QED) is 0.704. The zero-order valence-corrected chi connectivity index (χ0v) is 9.37. The van der Waals surface area contributed by atoms with E-state index in [2.05, 4.69) is 15.3 Å². The number of aromatic nitrogens is 2. The first-order valence-corrected chi connectivity index (χ1v) is 5.15. The summed E-state index contributed by atoms with van der Waals surface area (Å²) in [4.78, 5) is 29.2. The third-order valence-corrected chi connectivity index (χ3v) is 1.86. The molecular formula is C10H15N3O3. The van der Waals surface area contributed by atoms with Crippen LogP contribution < -0.4 is 10.9 Å². The summed E-state index contributed by atoms with van der Waals surface area (Å²) in [6.07, 6.45) is 1.33.